The van der Waals surface area contributed by atoms with Crippen molar-refractivity contribution in [2.45, 2.75) is 32.7 Å². The minimum absolute atomic E-state index is 0. The molecule has 0 radical (unpaired) electrons. The standard InChI is InChI=1S/C23H35N5O3.HI/c1-5-25-23(27-10-7-18(2)22(16-27)28-11-9-24-17-28)26-8-6-12-31-21-14-19(29-3)13-20(15-21)30-4;/h9,11,13-15,17-18,22H,5-8,10,12,16H2,1-4H3,(H,25,26);1H. The molecule has 32 heavy (non-hydrogen) atoms. The van der Waals surface area contributed by atoms with Gasteiger partial charge in [-0.3, -0.25) is 4.99 Å². The van der Waals surface area contributed by atoms with Gasteiger partial charge in [0.2, 0.25) is 0 Å². The molecule has 1 aromatic heterocycles. The summed E-state index contributed by atoms with van der Waals surface area (Å²) in [6.07, 6.45) is 7.78. The number of rotatable bonds is 9. The molecular weight excluding hydrogens is 521 g/mol. The zero-order chi connectivity index (χ0) is 22.1. The first kappa shape index (κ1) is 26.1. The lowest BCUT2D eigenvalue weighted by molar-refractivity contribution is 0.189. The van der Waals surface area contributed by atoms with E-state index in [2.05, 4.69) is 39.8 Å². The first-order valence-corrected chi connectivity index (χ1v) is 11.0. The molecule has 1 aliphatic heterocycles. The molecule has 2 unspecified atom stereocenters. The Morgan fingerprint density at radius 1 is 1.19 bits per heavy atom. The Morgan fingerprint density at radius 3 is 2.53 bits per heavy atom. The molecule has 1 saturated heterocycles. The normalized spacial score (nSPS) is 18.6. The molecule has 0 bridgehead atoms. The van der Waals surface area contributed by atoms with Gasteiger partial charge in [0.25, 0.3) is 0 Å². The third-order valence-corrected chi connectivity index (χ3v) is 5.62. The zero-order valence-corrected chi connectivity index (χ0v) is 21.8. The molecule has 2 atom stereocenters. The summed E-state index contributed by atoms with van der Waals surface area (Å²) >= 11 is 0. The van der Waals surface area contributed by atoms with Crippen LogP contribution in [0, 0.1) is 5.92 Å². The monoisotopic (exact) mass is 557 g/mol. The Bertz CT molecular complexity index is 809. The fourth-order valence-electron chi connectivity index (χ4n) is 3.83. The number of nitrogens with one attached hydrogen (secondary N) is 1. The maximum atomic E-state index is 5.88. The number of imidazole rings is 1. The highest BCUT2D eigenvalue weighted by atomic mass is 127. The Morgan fingerprint density at radius 2 is 1.91 bits per heavy atom. The van der Waals surface area contributed by atoms with Crippen LogP contribution in [0.4, 0.5) is 0 Å². The Labute approximate surface area is 208 Å². The molecule has 178 valence electrons. The number of aliphatic imine (C=N–C) groups is 1. The highest BCUT2D eigenvalue weighted by Crippen LogP contribution is 2.28. The molecule has 1 N–H and O–H groups in total. The van der Waals surface area contributed by atoms with Crippen molar-refractivity contribution in [3.63, 3.8) is 0 Å². The fraction of sp³-hybridized carbons (Fsp3) is 0.565. The van der Waals surface area contributed by atoms with E-state index >= 15 is 0 Å². The van der Waals surface area contributed by atoms with Crippen LogP contribution in [-0.4, -0.2) is 67.4 Å². The highest BCUT2D eigenvalue weighted by Gasteiger charge is 2.28. The Hall–Kier alpha value is -2.17. The molecule has 0 saturated carbocycles. The summed E-state index contributed by atoms with van der Waals surface area (Å²) < 4.78 is 18.7. The second-order valence-corrected chi connectivity index (χ2v) is 7.78. The van der Waals surface area contributed by atoms with E-state index in [0.29, 0.717) is 36.6 Å². The van der Waals surface area contributed by atoms with E-state index < -0.39 is 0 Å². The van der Waals surface area contributed by atoms with E-state index in [1.54, 1.807) is 14.2 Å². The van der Waals surface area contributed by atoms with Crippen molar-refractivity contribution in [1.29, 1.82) is 0 Å². The van der Waals surface area contributed by atoms with E-state index in [1.165, 1.54) is 0 Å². The molecule has 0 aliphatic carbocycles. The summed E-state index contributed by atoms with van der Waals surface area (Å²) in [7, 11) is 3.27. The number of guanidine groups is 1. The van der Waals surface area contributed by atoms with Crippen molar-refractivity contribution >= 4 is 29.9 Å². The lowest BCUT2D eigenvalue weighted by atomic mass is 9.93. The summed E-state index contributed by atoms with van der Waals surface area (Å²) in [5, 5.41) is 3.45. The van der Waals surface area contributed by atoms with Crippen LogP contribution in [0.15, 0.2) is 41.9 Å². The van der Waals surface area contributed by atoms with Gasteiger partial charge < -0.3 is 29.0 Å². The van der Waals surface area contributed by atoms with E-state index in [4.69, 9.17) is 19.2 Å². The molecule has 1 aromatic carbocycles. The molecule has 9 heteroatoms. The van der Waals surface area contributed by atoms with Gasteiger partial charge in [-0.25, -0.2) is 4.98 Å². The summed E-state index contributed by atoms with van der Waals surface area (Å²) in [6.45, 7) is 8.49. The fourth-order valence-corrected chi connectivity index (χ4v) is 3.83. The van der Waals surface area contributed by atoms with Gasteiger partial charge in [0.1, 0.15) is 17.2 Å². The van der Waals surface area contributed by atoms with Crippen LogP contribution in [0.5, 0.6) is 17.2 Å². The third kappa shape index (κ3) is 7.18. The molecule has 1 aliphatic rings. The highest BCUT2D eigenvalue weighted by molar-refractivity contribution is 14.0. The average Bonchev–Trinajstić information content (AvgIpc) is 3.33. The molecular formula is C23H36IN5O3. The number of hydrogen-bond acceptors (Lipinski definition) is 5. The van der Waals surface area contributed by atoms with Crippen LogP contribution in [0.25, 0.3) is 0 Å². The second kappa shape index (κ2) is 13.4. The van der Waals surface area contributed by atoms with E-state index in [-0.39, 0.29) is 24.0 Å². The quantitative estimate of drug-likeness (QED) is 0.219. The molecule has 0 amide bonds. The minimum Gasteiger partial charge on any atom is -0.496 e. The van der Waals surface area contributed by atoms with Gasteiger partial charge in [-0.15, -0.1) is 24.0 Å². The van der Waals surface area contributed by atoms with Crippen LogP contribution in [-0.2, 0) is 0 Å². The van der Waals surface area contributed by atoms with Crippen LogP contribution in [0.1, 0.15) is 32.7 Å². The number of piperidine rings is 1. The second-order valence-electron chi connectivity index (χ2n) is 7.78. The van der Waals surface area contributed by atoms with Crippen molar-refractivity contribution in [1.82, 2.24) is 19.8 Å². The number of hydrogen-bond donors (Lipinski definition) is 1. The van der Waals surface area contributed by atoms with Gasteiger partial charge in [0.05, 0.1) is 33.2 Å². The molecule has 0 spiro atoms. The SMILES string of the molecule is CCNC(=NCCCOc1cc(OC)cc(OC)c1)N1CCC(C)C(n2ccnc2)C1.I. The molecule has 8 nitrogen and oxygen atoms in total. The van der Waals surface area contributed by atoms with Crippen molar-refractivity contribution in [3.05, 3.63) is 36.9 Å². The summed E-state index contributed by atoms with van der Waals surface area (Å²) in [5.41, 5.74) is 0. The van der Waals surface area contributed by atoms with Crippen LogP contribution in [0.2, 0.25) is 0 Å². The maximum Gasteiger partial charge on any atom is 0.193 e. The predicted octanol–water partition coefficient (Wildman–Crippen LogP) is 3.84. The lowest BCUT2D eigenvalue weighted by Crippen LogP contribution is -2.49. The first-order chi connectivity index (χ1) is 15.1. The number of ether oxygens (including phenoxy) is 3. The number of benzene rings is 1. The topological polar surface area (TPSA) is 73.1 Å². The largest absolute Gasteiger partial charge is 0.496 e. The molecule has 2 aromatic rings. The Kier molecular flexibility index (Phi) is 10.9. The van der Waals surface area contributed by atoms with E-state index in [1.807, 2.05) is 30.7 Å². The van der Waals surface area contributed by atoms with Crippen molar-refractivity contribution in [2.24, 2.45) is 10.9 Å². The van der Waals surface area contributed by atoms with Gasteiger partial charge in [-0.1, -0.05) is 6.92 Å². The number of nitrogens with zero attached hydrogens (tertiary/aromatic N) is 4. The summed E-state index contributed by atoms with van der Waals surface area (Å²) in [6, 6.07) is 5.96. The average molecular weight is 557 g/mol. The van der Waals surface area contributed by atoms with E-state index in [9.17, 15) is 0 Å². The predicted molar refractivity (Wildman–Crippen MR) is 138 cm³/mol. The summed E-state index contributed by atoms with van der Waals surface area (Å²) in [5.74, 6) is 3.76. The van der Waals surface area contributed by atoms with Gasteiger partial charge in [0.15, 0.2) is 5.96 Å². The van der Waals surface area contributed by atoms with Gasteiger partial charge in [-0.2, -0.15) is 0 Å². The van der Waals surface area contributed by atoms with Crippen molar-refractivity contribution < 1.29 is 14.2 Å². The Balaban J connectivity index is 0.00000363. The molecule has 1 fully saturated rings. The molecule has 3 rings (SSSR count). The van der Waals surface area contributed by atoms with Gasteiger partial charge >= 0.3 is 0 Å². The van der Waals surface area contributed by atoms with Crippen molar-refractivity contribution in [2.75, 3.05) is 47.0 Å². The lowest BCUT2D eigenvalue weighted by Gasteiger charge is -2.39. The smallest absolute Gasteiger partial charge is 0.193 e. The van der Waals surface area contributed by atoms with Gasteiger partial charge in [-0.05, 0) is 19.3 Å². The number of methoxy groups -OCH3 is 2. The number of likely N-dealkylation sites (tertiary alicyclic amines) is 1. The van der Waals surface area contributed by atoms with Crippen LogP contribution < -0.4 is 19.5 Å². The van der Waals surface area contributed by atoms with Crippen LogP contribution in [0.3, 0.4) is 0 Å². The summed E-state index contributed by atoms with van der Waals surface area (Å²) in [4.78, 5) is 11.4. The minimum atomic E-state index is 0. The number of halogens is 1. The van der Waals surface area contributed by atoms with Gasteiger partial charge in [0, 0.05) is 63.2 Å². The third-order valence-electron chi connectivity index (χ3n) is 5.62. The maximum absolute atomic E-state index is 5.88. The first-order valence-electron chi connectivity index (χ1n) is 11.0. The zero-order valence-electron chi connectivity index (χ0n) is 19.5. The molecule has 2 heterocycles. The van der Waals surface area contributed by atoms with Crippen molar-refractivity contribution in [3.8, 4) is 17.2 Å². The van der Waals surface area contributed by atoms with E-state index in [0.717, 1.165) is 44.2 Å². The number of aromatic nitrogens is 2. The van der Waals surface area contributed by atoms with Crippen LogP contribution >= 0.6 is 24.0 Å².